The van der Waals surface area contributed by atoms with Crippen molar-refractivity contribution in [3.05, 3.63) is 28.3 Å². The van der Waals surface area contributed by atoms with Gasteiger partial charge in [0.05, 0.1) is 10.6 Å². The highest BCUT2D eigenvalue weighted by Crippen LogP contribution is 2.27. The fraction of sp³-hybridized carbons (Fsp3) is 0.533. The van der Waals surface area contributed by atoms with Crippen LogP contribution < -0.4 is 4.72 Å². The van der Waals surface area contributed by atoms with Gasteiger partial charge in [0, 0.05) is 32.2 Å². The van der Waals surface area contributed by atoms with Crippen LogP contribution in [0, 0.1) is 6.92 Å². The number of carbonyl (C=O) groups is 1. The molecule has 2 N–H and O–H groups in total. The van der Waals surface area contributed by atoms with Crippen LogP contribution in [-0.4, -0.2) is 75.6 Å². The highest BCUT2D eigenvalue weighted by atomic mass is 35.5. The number of halogens is 1. The normalized spacial score (nSPS) is 20.2. The molecule has 0 radical (unpaired) electrons. The van der Waals surface area contributed by atoms with Crippen molar-refractivity contribution in [1.29, 1.82) is 0 Å². The molecule has 1 atom stereocenters. The molecule has 1 aliphatic rings. The molecule has 1 aromatic carbocycles. The molecule has 0 spiro atoms. The molecular weight excluding hydrogens is 354 g/mol. The summed E-state index contributed by atoms with van der Waals surface area (Å²) >= 11 is 6.10. The lowest BCUT2D eigenvalue weighted by Crippen LogP contribution is -2.54. The maximum absolute atomic E-state index is 12.6. The monoisotopic (exact) mass is 375 g/mol. The predicted molar refractivity (Wildman–Crippen MR) is 92.3 cm³/mol. The topological polar surface area (TPSA) is 89.9 Å². The summed E-state index contributed by atoms with van der Waals surface area (Å²) in [6.45, 7) is 4.36. The summed E-state index contributed by atoms with van der Waals surface area (Å²) in [5.41, 5.74) is 0.304. The highest BCUT2D eigenvalue weighted by molar-refractivity contribution is 7.89. The van der Waals surface area contributed by atoms with Gasteiger partial charge in [0.1, 0.15) is 4.90 Å². The van der Waals surface area contributed by atoms with E-state index < -0.39 is 16.0 Å². The molecule has 1 saturated heterocycles. The number of likely N-dealkylation sites (N-methyl/N-ethyl adjacent to an activating group) is 2. The van der Waals surface area contributed by atoms with Crippen LogP contribution in [0.2, 0.25) is 5.02 Å². The smallest absolute Gasteiger partial charge is 0.335 e. The minimum absolute atomic E-state index is 0.0426. The van der Waals surface area contributed by atoms with Crippen molar-refractivity contribution in [1.82, 2.24) is 14.5 Å². The van der Waals surface area contributed by atoms with Crippen molar-refractivity contribution in [2.24, 2.45) is 0 Å². The van der Waals surface area contributed by atoms with Crippen LogP contribution in [0.3, 0.4) is 0 Å². The first-order valence-electron chi connectivity index (χ1n) is 7.53. The number of carboxylic acids is 1. The van der Waals surface area contributed by atoms with E-state index in [1.54, 1.807) is 6.92 Å². The molecule has 1 aliphatic heterocycles. The molecule has 24 heavy (non-hydrogen) atoms. The first-order valence-corrected chi connectivity index (χ1v) is 9.40. The number of sulfonamides is 1. The zero-order valence-electron chi connectivity index (χ0n) is 13.9. The van der Waals surface area contributed by atoms with E-state index in [1.165, 1.54) is 6.07 Å². The summed E-state index contributed by atoms with van der Waals surface area (Å²) in [4.78, 5) is 15.2. The van der Waals surface area contributed by atoms with E-state index in [9.17, 15) is 13.2 Å². The second-order valence-electron chi connectivity index (χ2n) is 6.16. The standard InChI is InChI=1S/C15H22ClN3O4S/c1-10-6-11(15(20)21)7-13(14(10)16)24(22,23)17-8-12-9-18(2)4-5-19(12)3/h6-7,12,17H,4-5,8-9H2,1-3H3,(H,20,21). The Morgan fingerprint density at radius 1 is 1.38 bits per heavy atom. The SMILES string of the molecule is Cc1cc(C(=O)O)cc(S(=O)(=O)NCC2CN(C)CCN2C)c1Cl. The Labute approximate surface area is 147 Å². The van der Waals surface area contributed by atoms with E-state index in [0.29, 0.717) is 5.56 Å². The molecule has 0 saturated carbocycles. The lowest BCUT2D eigenvalue weighted by Gasteiger charge is -2.37. The molecule has 0 aromatic heterocycles. The molecule has 7 nitrogen and oxygen atoms in total. The van der Waals surface area contributed by atoms with Gasteiger partial charge in [0.2, 0.25) is 10.0 Å². The number of aryl methyl sites for hydroxylation is 1. The number of nitrogens with one attached hydrogen (secondary N) is 1. The largest absolute Gasteiger partial charge is 0.478 e. The average molecular weight is 376 g/mol. The quantitative estimate of drug-likeness (QED) is 0.793. The van der Waals surface area contributed by atoms with E-state index in [0.717, 1.165) is 25.7 Å². The number of hydrogen-bond acceptors (Lipinski definition) is 5. The number of hydrogen-bond donors (Lipinski definition) is 2. The third-order valence-electron chi connectivity index (χ3n) is 4.25. The predicted octanol–water partition coefficient (Wildman–Crippen LogP) is 0.871. The van der Waals surface area contributed by atoms with Gasteiger partial charge in [-0.2, -0.15) is 0 Å². The second-order valence-corrected chi connectivity index (χ2v) is 8.27. The van der Waals surface area contributed by atoms with Gasteiger partial charge in [0.25, 0.3) is 0 Å². The van der Waals surface area contributed by atoms with Crippen molar-refractivity contribution in [2.45, 2.75) is 17.9 Å². The number of nitrogens with zero attached hydrogens (tertiary/aromatic N) is 2. The summed E-state index contributed by atoms with van der Waals surface area (Å²) in [5.74, 6) is -1.19. The Morgan fingerprint density at radius 2 is 2.04 bits per heavy atom. The van der Waals surface area contributed by atoms with Gasteiger partial charge in [-0.1, -0.05) is 11.6 Å². The van der Waals surface area contributed by atoms with Crippen LogP contribution in [-0.2, 0) is 10.0 Å². The molecule has 1 unspecified atom stereocenters. The van der Waals surface area contributed by atoms with Crippen molar-refractivity contribution < 1.29 is 18.3 Å². The fourth-order valence-electron chi connectivity index (χ4n) is 2.66. The van der Waals surface area contributed by atoms with Crippen LogP contribution in [0.4, 0.5) is 0 Å². The molecule has 1 aromatic rings. The Hall–Kier alpha value is -1.19. The first-order chi connectivity index (χ1) is 11.1. The molecule has 9 heteroatoms. The maximum atomic E-state index is 12.6. The minimum atomic E-state index is -3.90. The highest BCUT2D eigenvalue weighted by Gasteiger charge is 2.26. The van der Waals surface area contributed by atoms with E-state index in [-0.39, 0.29) is 28.1 Å². The summed E-state index contributed by atoms with van der Waals surface area (Å²) in [5, 5.41) is 9.16. The van der Waals surface area contributed by atoms with Crippen molar-refractivity contribution in [3.8, 4) is 0 Å². The Bertz CT molecular complexity index is 738. The Kier molecular flexibility index (Phi) is 5.87. The molecule has 134 valence electrons. The maximum Gasteiger partial charge on any atom is 0.335 e. The lowest BCUT2D eigenvalue weighted by atomic mass is 10.1. The van der Waals surface area contributed by atoms with E-state index >= 15 is 0 Å². The Balaban J connectivity index is 2.23. The van der Waals surface area contributed by atoms with Crippen molar-refractivity contribution in [2.75, 3.05) is 40.3 Å². The van der Waals surface area contributed by atoms with Crippen LogP contribution >= 0.6 is 11.6 Å². The minimum Gasteiger partial charge on any atom is -0.478 e. The third-order valence-corrected chi connectivity index (χ3v) is 6.31. The van der Waals surface area contributed by atoms with Gasteiger partial charge in [-0.05, 0) is 38.7 Å². The van der Waals surface area contributed by atoms with Crippen LogP contribution in [0.25, 0.3) is 0 Å². The number of piperazine rings is 1. The lowest BCUT2D eigenvalue weighted by molar-refractivity contribution is 0.0696. The van der Waals surface area contributed by atoms with Crippen LogP contribution in [0.5, 0.6) is 0 Å². The van der Waals surface area contributed by atoms with Gasteiger partial charge in [-0.25, -0.2) is 17.9 Å². The van der Waals surface area contributed by atoms with E-state index in [2.05, 4.69) is 14.5 Å². The Morgan fingerprint density at radius 3 is 2.67 bits per heavy atom. The summed E-state index contributed by atoms with van der Waals surface area (Å²) in [6.07, 6.45) is 0. The van der Waals surface area contributed by atoms with Crippen molar-refractivity contribution >= 4 is 27.6 Å². The van der Waals surface area contributed by atoms with Crippen LogP contribution in [0.15, 0.2) is 17.0 Å². The number of rotatable bonds is 5. The molecule has 1 heterocycles. The first kappa shape index (κ1) is 19.1. The van der Waals surface area contributed by atoms with E-state index in [1.807, 2.05) is 14.1 Å². The molecule has 0 amide bonds. The summed E-state index contributed by atoms with van der Waals surface area (Å²) in [6, 6.07) is 2.49. The average Bonchev–Trinajstić information content (AvgIpc) is 2.50. The molecular formula is C15H22ClN3O4S. The van der Waals surface area contributed by atoms with Gasteiger partial charge < -0.3 is 10.0 Å². The number of aromatic carboxylic acids is 1. The van der Waals surface area contributed by atoms with E-state index in [4.69, 9.17) is 16.7 Å². The van der Waals surface area contributed by atoms with Gasteiger partial charge in [0.15, 0.2) is 0 Å². The zero-order chi connectivity index (χ0) is 18.1. The van der Waals surface area contributed by atoms with Gasteiger partial charge >= 0.3 is 5.97 Å². The fourth-order valence-corrected chi connectivity index (χ4v) is 4.32. The van der Waals surface area contributed by atoms with Gasteiger partial charge in [-0.15, -0.1) is 0 Å². The summed E-state index contributed by atoms with van der Waals surface area (Å²) < 4.78 is 27.7. The number of carboxylic acid groups (broad SMARTS) is 1. The molecule has 1 fully saturated rings. The van der Waals surface area contributed by atoms with Crippen molar-refractivity contribution in [3.63, 3.8) is 0 Å². The third kappa shape index (κ3) is 4.25. The molecule has 2 rings (SSSR count). The van der Waals surface area contributed by atoms with Crippen LogP contribution in [0.1, 0.15) is 15.9 Å². The zero-order valence-corrected chi connectivity index (χ0v) is 15.5. The molecule has 0 aliphatic carbocycles. The summed E-state index contributed by atoms with van der Waals surface area (Å²) in [7, 11) is 0.0434. The number of benzene rings is 1. The molecule has 0 bridgehead atoms. The second kappa shape index (κ2) is 7.37. The van der Waals surface area contributed by atoms with Gasteiger partial charge in [-0.3, -0.25) is 4.90 Å².